The van der Waals surface area contributed by atoms with Gasteiger partial charge in [0.2, 0.25) is 0 Å². The molecule has 1 amide bonds. The van der Waals surface area contributed by atoms with E-state index in [9.17, 15) is 9.59 Å². The summed E-state index contributed by atoms with van der Waals surface area (Å²) in [6, 6.07) is 8.63. The van der Waals surface area contributed by atoms with Gasteiger partial charge in [0.05, 0.1) is 7.11 Å². The molecule has 0 heterocycles. The summed E-state index contributed by atoms with van der Waals surface area (Å²) in [7, 11) is 2.72. The Labute approximate surface area is 93.6 Å². The molecule has 0 bridgehead atoms. The first-order valence-corrected chi connectivity index (χ1v) is 4.68. The molecule has 0 N–H and O–H groups in total. The second kappa shape index (κ2) is 5.75. The molecule has 86 valence electrons. The molecule has 0 radical (unpaired) electrons. The molecule has 0 spiro atoms. The minimum Gasteiger partial charge on any atom is -0.468 e. The lowest BCUT2D eigenvalue weighted by Crippen LogP contribution is -2.34. The Morgan fingerprint density at radius 2 is 1.88 bits per heavy atom. The highest BCUT2D eigenvalue weighted by molar-refractivity contribution is 5.78. The van der Waals surface area contributed by atoms with E-state index < -0.39 is 12.1 Å². The number of nitrogens with zero attached hydrogens (tertiary/aromatic N) is 1. The van der Waals surface area contributed by atoms with E-state index in [-0.39, 0.29) is 6.54 Å². The highest BCUT2D eigenvalue weighted by atomic mass is 16.6. The second-order valence-electron chi connectivity index (χ2n) is 3.11. The molecule has 0 saturated heterocycles. The molecule has 5 nitrogen and oxygen atoms in total. The first-order chi connectivity index (χ1) is 7.63. The van der Waals surface area contributed by atoms with Crippen molar-refractivity contribution in [2.45, 2.75) is 0 Å². The van der Waals surface area contributed by atoms with E-state index >= 15 is 0 Å². The summed E-state index contributed by atoms with van der Waals surface area (Å²) in [5, 5.41) is 0. The highest BCUT2D eigenvalue weighted by Gasteiger charge is 2.14. The Hall–Kier alpha value is -2.04. The fraction of sp³-hybridized carbons (Fsp3) is 0.273. The van der Waals surface area contributed by atoms with Crippen molar-refractivity contribution in [2.75, 3.05) is 20.7 Å². The van der Waals surface area contributed by atoms with Gasteiger partial charge in [0.1, 0.15) is 12.3 Å². The van der Waals surface area contributed by atoms with Gasteiger partial charge in [-0.1, -0.05) is 18.2 Å². The first kappa shape index (κ1) is 12.0. The summed E-state index contributed by atoms with van der Waals surface area (Å²) < 4.78 is 9.43. The third-order valence-corrected chi connectivity index (χ3v) is 1.85. The van der Waals surface area contributed by atoms with Gasteiger partial charge in [0.15, 0.2) is 0 Å². The van der Waals surface area contributed by atoms with Crippen LogP contribution in [0.2, 0.25) is 0 Å². The zero-order valence-corrected chi connectivity index (χ0v) is 9.17. The third kappa shape index (κ3) is 3.61. The number of benzene rings is 1. The number of likely N-dealkylation sites (N-methyl/N-ethyl adjacent to an activating group) is 1. The van der Waals surface area contributed by atoms with Crippen LogP contribution in [0.15, 0.2) is 30.3 Å². The fourth-order valence-electron chi connectivity index (χ4n) is 0.990. The summed E-state index contributed by atoms with van der Waals surface area (Å²) in [6.45, 7) is -0.137. The summed E-state index contributed by atoms with van der Waals surface area (Å²) in [5.41, 5.74) is 0. The minimum atomic E-state index is -0.600. The predicted molar refractivity (Wildman–Crippen MR) is 57.1 cm³/mol. The van der Waals surface area contributed by atoms with E-state index in [1.807, 2.05) is 6.07 Å². The van der Waals surface area contributed by atoms with Crippen molar-refractivity contribution < 1.29 is 19.1 Å². The lowest BCUT2D eigenvalue weighted by Gasteiger charge is -2.14. The highest BCUT2D eigenvalue weighted by Crippen LogP contribution is 2.09. The molecule has 1 aromatic rings. The van der Waals surface area contributed by atoms with Crippen LogP contribution in [0.25, 0.3) is 0 Å². The van der Waals surface area contributed by atoms with Crippen LogP contribution in [0.5, 0.6) is 5.75 Å². The number of hydrogen-bond donors (Lipinski definition) is 0. The van der Waals surface area contributed by atoms with Gasteiger partial charge < -0.3 is 9.47 Å². The number of esters is 1. The predicted octanol–water partition coefficient (Wildman–Crippen LogP) is 1.29. The van der Waals surface area contributed by atoms with Crippen LogP contribution in [-0.4, -0.2) is 37.7 Å². The summed E-state index contributed by atoms with van der Waals surface area (Å²) in [4.78, 5) is 23.5. The zero-order chi connectivity index (χ0) is 12.0. The van der Waals surface area contributed by atoms with E-state index in [4.69, 9.17) is 4.74 Å². The van der Waals surface area contributed by atoms with Crippen LogP contribution >= 0.6 is 0 Å². The van der Waals surface area contributed by atoms with Crippen LogP contribution in [0.4, 0.5) is 4.79 Å². The Kier molecular flexibility index (Phi) is 4.32. The van der Waals surface area contributed by atoms with Crippen molar-refractivity contribution in [1.82, 2.24) is 4.90 Å². The number of methoxy groups -OCH3 is 1. The molecule has 1 aromatic carbocycles. The van der Waals surface area contributed by atoms with Crippen LogP contribution < -0.4 is 4.74 Å². The Morgan fingerprint density at radius 1 is 1.25 bits per heavy atom. The molecule has 1 rings (SSSR count). The maximum atomic E-state index is 11.5. The van der Waals surface area contributed by atoms with Crippen molar-refractivity contribution in [3.05, 3.63) is 30.3 Å². The van der Waals surface area contributed by atoms with Crippen molar-refractivity contribution in [1.29, 1.82) is 0 Å². The van der Waals surface area contributed by atoms with Gasteiger partial charge in [-0.15, -0.1) is 0 Å². The lowest BCUT2D eigenvalue weighted by atomic mass is 10.3. The minimum absolute atomic E-state index is 0.137. The van der Waals surface area contributed by atoms with Gasteiger partial charge in [-0.3, -0.25) is 9.69 Å². The quantitative estimate of drug-likeness (QED) is 0.724. The van der Waals surface area contributed by atoms with Gasteiger partial charge in [-0.25, -0.2) is 4.79 Å². The standard InChI is InChI=1S/C11H13NO4/c1-12(8-10(13)15-2)11(14)16-9-6-4-3-5-7-9/h3-7H,8H2,1-2H3. The second-order valence-corrected chi connectivity index (χ2v) is 3.11. The molecule has 0 aliphatic carbocycles. The SMILES string of the molecule is COC(=O)CN(C)C(=O)Oc1ccccc1. The molecule has 0 saturated carbocycles. The van der Waals surface area contributed by atoms with E-state index in [1.165, 1.54) is 14.2 Å². The monoisotopic (exact) mass is 223 g/mol. The molecular weight excluding hydrogens is 210 g/mol. The average Bonchev–Trinajstić information content (AvgIpc) is 2.30. The summed E-state index contributed by atoms with van der Waals surface area (Å²) in [5.74, 6) is -0.0586. The molecule has 0 fully saturated rings. The number of para-hydroxylation sites is 1. The summed E-state index contributed by atoms with van der Waals surface area (Å²) >= 11 is 0. The average molecular weight is 223 g/mol. The van der Waals surface area contributed by atoms with Crippen molar-refractivity contribution in [3.63, 3.8) is 0 Å². The number of hydrogen-bond acceptors (Lipinski definition) is 4. The van der Waals surface area contributed by atoms with E-state index in [2.05, 4.69) is 4.74 Å². The van der Waals surface area contributed by atoms with E-state index in [0.717, 1.165) is 4.90 Å². The molecule has 0 aromatic heterocycles. The lowest BCUT2D eigenvalue weighted by molar-refractivity contribution is -0.141. The number of carbonyl (C=O) groups is 2. The summed E-state index contributed by atoms with van der Waals surface area (Å²) in [6.07, 6.45) is -0.600. The van der Waals surface area contributed by atoms with Crippen LogP contribution in [0.3, 0.4) is 0 Å². The topological polar surface area (TPSA) is 55.8 Å². The van der Waals surface area contributed by atoms with Gasteiger partial charge >= 0.3 is 12.1 Å². The Morgan fingerprint density at radius 3 is 2.44 bits per heavy atom. The zero-order valence-electron chi connectivity index (χ0n) is 9.17. The largest absolute Gasteiger partial charge is 0.468 e. The van der Waals surface area contributed by atoms with Crippen LogP contribution in [-0.2, 0) is 9.53 Å². The first-order valence-electron chi connectivity index (χ1n) is 4.68. The molecule has 0 atom stereocenters. The maximum absolute atomic E-state index is 11.5. The number of carbonyl (C=O) groups excluding carboxylic acids is 2. The van der Waals surface area contributed by atoms with Gasteiger partial charge in [0.25, 0.3) is 0 Å². The van der Waals surface area contributed by atoms with Crippen LogP contribution in [0.1, 0.15) is 0 Å². The number of amides is 1. The molecule has 5 heteroatoms. The Balaban J connectivity index is 2.49. The third-order valence-electron chi connectivity index (χ3n) is 1.85. The molecular formula is C11H13NO4. The Bertz CT molecular complexity index is 364. The number of rotatable bonds is 3. The van der Waals surface area contributed by atoms with Crippen molar-refractivity contribution in [3.8, 4) is 5.75 Å². The fourth-order valence-corrected chi connectivity index (χ4v) is 0.990. The van der Waals surface area contributed by atoms with Crippen molar-refractivity contribution in [2.24, 2.45) is 0 Å². The molecule has 0 aliphatic heterocycles. The molecule has 0 unspecified atom stereocenters. The molecule has 0 aliphatic rings. The normalized spacial score (nSPS) is 9.38. The smallest absolute Gasteiger partial charge is 0.415 e. The van der Waals surface area contributed by atoms with Gasteiger partial charge in [0, 0.05) is 7.05 Å². The van der Waals surface area contributed by atoms with E-state index in [1.54, 1.807) is 24.3 Å². The number of ether oxygens (including phenoxy) is 2. The van der Waals surface area contributed by atoms with Gasteiger partial charge in [-0.2, -0.15) is 0 Å². The van der Waals surface area contributed by atoms with Gasteiger partial charge in [-0.05, 0) is 12.1 Å². The maximum Gasteiger partial charge on any atom is 0.415 e. The van der Waals surface area contributed by atoms with Crippen LogP contribution in [0, 0.1) is 0 Å². The van der Waals surface area contributed by atoms with Crippen molar-refractivity contribution >= 4 is 12.1 Å². The molecule has 16 heavy (non-hydrogen) atoms. The van der Waals surface area contributed by atoms with E-state index in [0.29, 0.717) is 5.75 Å².